The molecule has 0 radical (unpaired) electrons. The zero-order chi connectivity index (χ0) is 22.1. The van der Waals surface area contributed by atoms with Crippen molar-refractivity contribution in [3.63, 3.8) is 0 Å². The first-order valence-electron chi connectivity index (χ1n) is 11.0. The second-order valence-electron chi connectivity index (χ2n) is 8.16. The predicted octanol–water partition coefficient (Wildman–Crippen LogP) is -2.12. The van der Waals surface area contributed by atoms with Crippen molar-refractivity contribution in [3.8, 4) is 0 Å². The van der Waals surface area contributed by atoms with Gasteiger partial charge in [0.25, 0.3) is 0 Å². The Labute approximate surface area is 177 Å². The van der Waals surface area contributed by atoms with Crippen LogP contribution < -0.4 is 16.0 Å². The average molecular weight is 422 g/mol. The first kappa shape index (κ1) is 28.6. The van der Waals surface area contributed by atoms with E-state index in [0.29, 0.717) is 26.2 Å². The van der Waals surface area contributed by atoms with Gasteiger partial charge in [0.15, 0.2) is 0 Å². The molecular formula is C20H47N5O4. The number of aliphatic hydroxyl groups is 4. The minimum absolute atomic E-state index is 0.353. The highest BCUT2D eigenvalue weighted by Crippen LogP contribution is 1.93. The minimum Gasteiger partial charge on any atom is -0.392 e. The molecule has 0 spiro atoms. The van der Waals surface area contributed by atoms with Crippen molar-refractivity contribution in [3.05, 3.63) is 0 Å². The zero-order valence-corrected chi connectivity index (χ0v) is 19.0. The minimum atomic E-state index is -0.373. The maximum atomic E-state index is 9.69. The second kappa shape index (κ2) is 18.4. The lowest BCUT2D eigenvalue weighted by molar-refractivity contribution is 0.121. The number of hydrogen-bond acceptors (Lipinski definition) is 9. The molecule has 0 saturated heterocycles. The van der Waals surface area contributed by atoms with Gasteiger partial charge in [-0.1, -0.05) is 0 Å². The Bertz CT molecular complexity index is 328. The Morgan fingerprint density at radius 3 is 1.10 bits per heavy atom. The number of nitrogens with zero attached hydrogens (tertiary/aromatic N) is 2. The van der Waals surface area contributed by atoms with Gasteiger partial charge in [-0.3, -0.25) is 9.80 Å². The fourth-order valence-electron chi connectivity index (χ4n) is 3.03. The maximum absolute atomic E-state index is 9.69. The van der Waals surface area contributed by atoms with E-state index >= 15 is 0 Å². The van der Waals surface area contributed by atoms with E-state index < -0.39 is 0 Å². The quantitative estimate of drug-likeness (QED) is 0.111. The fraction of sp³-hybridized carbons (Fsp3) is 1.00. The van der Waals surface area contributed by atoms with Crippen molar-refractivity contribution in [1.82, 2.24) is 25.8 Å². The molecule has 7 N–H and O–H groups in total. The second-order valence-corrected chi connectivity index (χ2v) is 8.16. The van der Waals surface area contributed by atoms with Crippen molar-refractivity contribution in [2.75, 3.05) is 78.5 Å². The van der Waals surface area contributed by atoms with E-state index in [-0.39, 0.29) is 24.4 Å². The van der Waals surface area contributed by atoms with Crippen LogP contribution in [0.1, 0.15) is 27.7 Å². The Hall–Kier alpha value is -0.360. The molecule has 0 bridgehead atoms. The number of rotatable bonds is 20. The molecule has 9 nitrogen and oxygen atoms in total. The Kier molecular flexibility index (Phi) is 18.2. The third-order valence-corrected chi connectivity index (χ3v) is 4.34. The van der Waals surface area contributed by atoms with Crippen LogP contribution in [-0.2, 0) is 0 Å². The van der Waals surface area contributed by atoms with E-state index in [4.69, 9.17) is 0 Å². The zero-order valence-electron chi connectivity index (χ0n) is 19.0. The van der Waals surface area contributed by atoms with Gasteiger partial charge in [0, 0.05) is 78.5 Å². The van der Waals surface area contributed by atoms with Crippen LogP contribution in [0.4, 0.5) is 0 Å². The molecule has 0 amide bonds. The molecule has 0 aliphatic carbocycles. The summed E-state index contributed by atoms with van der Waals surface area (Å²) in [6.45, 7) is 16.0. The Balaban J connectivity index is 4.07. The fourth-order valence-corrected chi connectivity index (χ4v) is 3.03. The highest BCUT2D eigenvalue weighted by molar-refractivity contribution is 4.68. The van der Waals surface area contributed by atoms with Crippen LogP contribution in [0, 0.1) is 0 Å². The van der Waals surface area contributed by atoms with Crippen LogP contribution >= 0.6 is 0 Å². The van der Waals surface area contributed by atoms with Crippen molar-refractivity contribution in [1.29, 1.82) is 0 Å². The summed E-state index contributed by atoms with van der Waals surface area (Å²) in [5.74, 6) is 0. The standard InChI is InChI=1S/C20H47N5O4/c1-17(26)13-22-7-11-24(15-19(3)28)9-5-21-6-10-25(16-20(4)29)12-8-23-14-18(2)27/h17-23,26-29H,5-16H2,1-4H3. The third-order valence-electron chi connectivity index (χ3n) is 4.34. The van der Waals surface area contributed by atoms with Gasteiger partial charge in [0.05, 0.1) is 24.4 Å². The molecule has 0 rings (SSSR count). The summed E-state index contributed by atoms with van der Waals surface area (Å²) in [6, 6.07) is 0. The summed E-state index contributed by atoms with van der Waals surface area (Å²) in [6.07, 6.45) is -1.45. The molecular weight excluding hydrogens is 374 g/mol. The number of nitrogens with one attached hydrogen (secondary N) is 3. The molecule has 4 unspecified atom stereocenters. The molecule has 29 heavy (non-hydrogen) atoms. The monoisotopic (exact) mass is 421 g/mol. The van der Waals surface area contributed by atoms with Crippen molar-refractivity contribution < 1.29 is 20.4 Å². The summed E-state index contributed by atoms with van der Waals surface area (Å²) in [4.78, 5) is 4.42. The Morgan fingerprint density at radius 2 is 0.828 bits per heavy atom. The molecule has 9 heteroatoms. The molecule has 0 aromatic carbocycles. The highest BCUT2D eigenvalue weighted by Gasteiger charge is 2.10. The van der Waals surface area contributed by atoms with E-state index in [9.17, 15) is 20.4 Å². The third kappa shape index (κ3) is 20.7. The summed E-state index contributed by atoms with van der Waals surface area (Å²) in [5, 5.41) is 47.8. The van der Waals surface area contributed by atoms with Crippen molar-refractivity contribution >= 4 is 0 Å². The lowest BCUT2D eigenvalue weighted by Crippen LogP contribution is -2.43. The van der Waals surface area contributed by atoms with Crippen LogP contribution in [0.25, 0.3) is 0 Å². The highest BCUT2D eigenvalue weighted by atomic mass is 16.3. The van der Waals surface area contributed by atoms with Gasteiger partial charge >= 0.3 is 0 Å². The largest absolute Gasteiger partial charge is 0.392 e. The molecule has 4 atom stereocenters. The topological polar surface area (TPSA) is 123 Å². The number of aliphatic hydroxyl groups excluding tert-OH is 4. The SMILES string of the molecule is CC(O)CNCCN(CCNCCN(CCNCC(C)O)CC(C)O)CC(C)O. The van der Waals surface area contributed by atoms with Gasteiger partial charge < -0.3 is 36.4 Å². The van der Waals surface area contributed by atoms with Gasteiger partial charge in [0.1, 0.15) is 0 Å². The van der Waals surface area contributed by atoms with Gasteiger partial charge in [0.2, 0.25) is 0 Å². The molecule has 0 aliphatic rings. The van der Waals surface area contributed by atoms with Crippen LogP contribution in [0.15, 0.2) is 0 Å². The molecule has 0 saturated carbocycles. The van der Waals surface area contributed by atoms with Crippen molar-refractivity contribution in [2.45, 2.75) is 52.1 Å². The van der Waals surface area contributed by atoms with Gasteiger partial charge in [-0.05, 0) is 27.7 Å². The first-order valence-corrected chi connectivity index (χ1v) is 11.0. The van der Waals surface area contributed by atoms with E-state index in [1.807, 2.05) is 0 Å². The van der Waals surface area contributed by atoms with Crippen LogP contribution in [0.2, 0.25) is 0 Å². The lowest BCUT2D eigenvalue weighted by atomic mass is 10.3. The van der Waals surface area contributed by atoms with E-state index in [0.717, 1.165) is 52.4 Å². The maximum Gasteiger partial charge on any atom is 0.0639 e. The molecule has 176 valence electrons. The van der Waals surface area contributed by atoms with Crippen LogP contribution in [-0.4, -0.2) is 133 Å². The molecule has 0 heterocycles. The van der Waals surface area contributed by atoms with Gasteiger partial charge in [-0.2, -0.15) is 0 Å². The van der Waals surface area contributed by atoms with Crippen LogP contribution in [0.3, 0.4) is 0 Å². The average Bonchev–Trinajstić information content (AvgIpc) is 2.60. The molecule has 0 aromatic heterocycles. The lowest BCUT2D eigenvalue weighted by Gasteiger charge is -2.26. The summed E-state index contributed by atoms with van der Waals surface area (Å²) < 4.78 is 0. The Morgan fingerprint density at radius 1 is 0.517 bits per heavy atom. The van der Waals surface area contributed by atoms with Crippen molar-refractivity contribution in [2.24, 2.45) is 0 Å². The number of hydrogen-bond donors (Lipinski definition) is 7. The molecule has 0 fully saturated rings. The summed E-state index contributed by atoms with van der Waals surface area (Å²) in [5.41, 5.74) is 0. The molecule has 0 aliphatic heterocycles. The van der Waals surface area contributed by atoms with E-state index in [2.05, 4.69) is 25.8 Å². The summed E-state index contributed by atoms with van der Waals surface area (Å²) >= 11 is 0. The van der Waals surface area contributed by atoms with Crippen LogP contribution in [0.5, 0.6) is 0 Å². The van der Waals surface area contributed by atoms with Gasteiger partial charge in [-0.15, -0.1) is 0 Å². The molecule has 0 aromatic rings. The smallest absolute Gasteiger partial charge is 0.0639 e. The van der Waals surface area contributed by atoms with Gasteiger partial charge in [-0.25, -0.2) is 0 Å². The van der Waals surface area contributed by atoms with E-state index in [1.165, 1.54) is 0 Å². The van der Waals surface area contributed by atoms with E-state index in [1.54, 1.807) is 27.7 Å². The normalized spacial score (nSPS) is 16.3. The first-order chi connectivity index (χ1) is 13.7. The predicted molar refractivity (Wildman–Crippen MR) is 118 cm³/mol. The summed E-state index contributed by atoms with van der Waals surface area (Å²) in [7, 11) is 0.